The van der Waals surface area contributed by atoms with Crippen LogP contribution in [0.5, 0.6) is 0 Å². The van der Waals surface area contributed by atoms with Crippen molar-refractivity contribution >= 4 is 11.8 Å². The van der Waals surface area contributed by atoms with Gasteiger partial charge >= 0.3 is 0 Å². The van der Waals surface area contributed by atoms with Crippen molar-refractivity contribution in [2.75, 3.05) is 6.54 Å². The second-order valence-electron chi connectivity index (χ2n) is 5.65. The normalized spacial score (nSPS) is 12.0. The van der Waals surface area contributed by atoms with E-state index in [0.29, 0.717) is 18.0 Å². The van der Waals surface area contributed by atoms with E-state index in [2.05, 4.69) is 29.5 Å². The fourth-order valence-electron chi connectivity index (χ4n) is 1.67. The maximum Gasteiger partial charge on any atom is 0.269 e. The zero-order valence-electron chi connectivity index (χ0n) is 13.3. The zero-order valence-corrected chi connectivity index (χ0v) is 13.3. The molecule has 0 aliphatic rings. The monoisotopic (exact) mass is 291 g/mol. The summed E-state index contributed by atoms with van der Waals surface area (Å²) in [5.41, 5.74) is 0.731. The van der Waals surface area contributed by atoms with Crippen LogP contribution in [0.2, 0.25) is 0 Å². The molecule has 0 aliphatic heterocycles. The van der Waals surface area contributed by atoms with E-state index in [0.717, 1.165) is 12.8 Å². The molecule has 2 N–H and O–H groups in total. The molecule has 0 fully saturated rings. The van der Waals surface area contributed by atoms with Crippen molar-refractivity contribution in [3.05, 3.63) is 29.6 Å². The van der Waals surface area contributed by atoms with Crippen molar-refractivity contribution in [2.45, 2.75) is 46.6 Å². The van der Waals surface area contributed by atoms with Crippen LogP contribution in [0, 0.1) is 5.92 Å². The Bertz CT molecular complexity index is 486. The number of nitrogens with zero attached hydrogens (tertiary/aromatic N) is 1. The molecule has 0 radical (unpaired) electrons. The summed E-state index contributed by atoms with van der Waals surface area (Å²) < 4.78 is 0. The molecule has 0 saturated heterocycles. The molecule has 0 bridgehead atoms. The van der Waals surface area contributed by atoms with Crippen LogP contribution in [0.3, 0.4) is 0 Å². The molecule has 21 heavy (non-hydrogen) atoms. The molecular weight excluding hydrogens is 266 g/mol. The van der Waals surface area contributed by atoms with Gasteiger partial charge in [0.2, 0.25) is 0 Å². The van der Waals surface area contributed by atoms with Gasteiger partial charge in [0.05, 0.1) is 0 Å². The summed E-state index contributed by atoms with van der Waals surface area (Å²) >= 11 is 0. The standard InChI is InChI=1S/C16H25N3O2/c1-5-12(4)19-15(20)13-7-9-17-14(10-13)16(21)18-8-6-11(2)3/h7,9-12H,5-6,8H2,1-4H3,(H,18,21)(H,19,20). The van der Waals surface area contributed by atoms with Gasteiger partial charge in [-0.1, -0.05) is 20.8 Å². The Balaban J connectivity index is 2.67. The summed E-state index contributed by atoms with van der Waals surface area (Å²) in [5.74, 6) is 0.114. The fraction of sp³-hybridized carbons (Fsp3) is 0.562. The summed E-state index contributed by atoms with van der Waals surface area (Å²) in [5, 5.41) is 5.69. The number of rotatable bonds is 7. The molecule has 116 valence electrons. The first-order valence-electron chi connectivity index (χ1n) is 7.49. The van der Waals surface area contributed by atoms with Gasteiger partial charge in [-0.15, -0.1) is 0 Å². The highest BCUT2D eigenvalue weighted by Gasteiger charge is 2.12. The lowest BCUT2D eigenvalue weighted by Gasteiger charge is -2.12. The summed E-state index contributed by atoms with van der Waals surface area (Å²) in [7, 11) is 0. The topological polar surface area (TPSA) is 71.1 Å². The maximum atomic E-state index is 12.0. The van der Waals surface area contributed by atoms with E-state index in [1.54, 1.807) is 6.07 Å². The minimum absolute atomic E-state index is 0.106. The first-order valence-corrected chi connectivity index (χ1v) is 7.49. The molecule has 5 nitrogen and oxygen atoms in total. The third kappa shape index (κ3) is 5.94. The predicted molar refractivity (Wildman–Crippen MR) is 83.2 cm³/mol. The SMILES string of the molecule is CCC(C)NC(=O)c1ccnc(C(=O)NCCC(C)C)c1. The summed E-state index contributed by atoms with van der Waals surface area (Å²) in [6.45, 7) is 8.76. The molecule has 1 aromatic heterocycles. The van der Waals surface area contributed by atoms with E-state index in [1.807, 2.05) is 13.8 Å². The van der Waals surface area contributed by atoms with Crippen LogP contribution >= 0.6 is 0 Å². The van der Waals surface area contributed by atoms with E-state index < -0.39 is 0 Å². The minimum atomic E-state index is -0.242. The van der Waals surface area contributed by atoms with Crippen molar-refractivity contribution in [3.8, 4) is 0 Å². The average molecular weight is 291 g/mol. The number of hydrogen-bond acceptors (Lipinski definition) is 3. The Morgan fingerprint density at radius 3 is 2.57 bits per heavy atom. The van der Waals surface area contributed by atoms with E-state index in [1.165, 1.54) is 12.3 Å². The Hall–Kier alpha value is -1.91. The van der Waals surface area contributed by atoms with E-state index in [9.17, 15) is 9.59 Å². The third-order valence-electron chi connectivity index (χ3n) is 3.25. The summed E-state index contributed by atoms with van der Waals surface area (Å²) in [4.78, 5) is 28.0. The number of aromatic nitrogens is 1. The van der Waals surface area contributed by atoms with Gasteiger partial charge in [-0.05, 0) is 37.8 Å². The van der Waals surface area contributed by atoms with Gasteiger partial charge in [-0.3, -0.25) is 14.6 Å². The fourth-order valence-corrected chi connectivity index (χ4v) is 1.67. The van der Waals surface area contributed by atoms with E-state index in [-0.39, 0.29) is 23.6 Å². The number of carbonyl (C=O) groups excluding carboxylic acids is 2. The zero-order chi connectivity index (χ0) is 15.8. The molecule has 1 heterocycles. The smallest absolute Gasteiger partial charge is 0.269 e. The van der Waals surface area contributed by atoms with Crippen LogP contribution in [0.25, 0.3) is 0 Å². The second kappa shape index (κ2) is 8.39. The molecule has 0 aliphatic carbocycles. The third-order valence-corrected chi connectivity index (χ3v) is 3.25. The number of hydrogen-bond donors (Lipinski definition) is 2. The Morgan fingerprint density at radius 2 is 1.95 bits per heavy atom. The van der Waals surface area contributed by atoms with Crippen LogP contribution in [-0.2, 0) is 0 Å². The van der Waals surface area contributed by atoms with Crippen molar-refractivity contribution in [1.82, 2.24) is 15.6 Å². The Kier molecular flexibility index (Phi) is 6.85. The first-order chi connectivity index (χ1) is 9.93. The highest BCUT2D eigenvalue weighted by molar-refractivity contribution is 5.98. The number of nitrogens with one attached hydrogen (secondary N) is 2. The Morgan fingerprint density at radius 1 is 1.24 bits per heavy atom. The predicted octanol–water partition coefficient (Wildman–Crippen LogP) is 2.39. The van der Waals surface area contributed by atoms with Gasteiger partial charge in [0.25, 0.3) is 11.8 Å². The van der Waals surface area contributed by atoms with Gasteiger partial charge in [0.1, 0.15) is 5.69 Å². The highest BCUT2D eigenvalue weighted by atomic mass is 16.2. The van der Waals surface area contributed by atoms with Gasteiger partial charge in [-0.25, -0.2) is 0 Å². The van der Waals surface area contributed by atoms with Crippen molar-refractivity contribution in [2.24, 2.45) is 5.92 Å². The highest BCUT2D eigenvalue weighted by Crippen LogP contribution is 2.04. The quantitative estimate of drug-likeness (QED) is 0.810. The van der Waals surface area contributed by atoms with Crippen LogP contribution in [0.15, 0.2) is 18.3 Å². The van der Waals surface area contributed by atoms with Crippen molar-refractivity contribution in [3.63, 3.8) is 0 Å². The lowest BCUT2D eigenvalue weighted by molar-refractivity contribution is 0.0939. The Labute approximate surface area is 126 Å². The molecule has 2 amide bonds. The molecule has 1 atom stereocenters. The van der Waals surface area contributed by atoms with Gasteiger partial charge < -0.3 is 10.6 Å². The molecule has 0 aromatic carbocycles. The lowest BCUT2D eigenvalue weighted by atomic mass is 10.1. The molecule has 1 unspecified atom stereocenters. The van der Waals surface area contributed by atoms with Crippen LogP contribution in [0.4, 0.5) is 0 Å². The van der Waals surface area contributed by atoms with Gasteiger partial charge in [0.15, 0.2) is 0 Å². The van der Waals surface area contributed by atoms with E-state index in [4.69, 9.17) is 0 Å². The van der Waals surface area contributed by atoms with E-state index >= 15 is 0 Å². The van der Waals surface area contributed by atoms with Crippen LogP contribution < -0.4 is 10.6 Å². The summed E-state index contributed by atoms with van der Waals surface area (Å²) in [6.07, 6.45) is 3.27. The molecular formula is C16H25N3O2. The van der Waals surface area contributed by atoms with Gasteiger partial charge in [-0.2, -0.15) is 0 Å². The average Bonchev–Trinajstić information content (AvgIpc) is 2.46. The van der Waals surface area contributed by atoms with Crippen LogP contribution in [-0.4, -0.2) is 29.4 Å². The lowest BCUT2D eigenvalue weighted by Crippen LogP contribution is -2.32. The summed E-state index contributed by atoms with van der Waals surface area (Å²) in [6, 6.07) is 3.25. The molecule has 5 heteroatoms. The molecule has 0 spiro atoms. The number of carbonyl (C=O) groups is 2. The largest absolute Gasteiger partial charge is 0.351 e. The van der Waals surface area contributed by atoms with Crippen molar-refractivity contribution < 1.29 is 9.59 Å². The first kappa shape index (κ1) is 17.1. The number of amides is 2. The van der Waals surface area contributed by atoms with Gasteiger partial charge in [0, 0.05) is 24.3 Å². The molecule has 1 aromatic rings. The van der Waals surface area contributed by atoms with Crippen LogP contribution in [0.1, 0.15) is 61.4 Å². The maximum absolute atomic E-state index is 12.0. The minimum Gasteiger partial charge on any atom is -0.351 e. The number of pyridine rings is 1. The molecule has 1 rings (SSSR count). The van der Waals surface area contributed by atoms with Crippen molar-refractivity contribution in [1.29, 1.82) is 0 Å². The molecule has 0 saturated carbocycles. The second-order valence-corrected chi connectivity index (χ2v) is 5.65.